The van der Waals surface area contributed by atoms with E-state index in [-0.39, 0.29) is 5.75 Å². The van der Waals surface area contributed by atoms with Crippen molar-refractivity contribution in [1.29, 1.82) is 0 Å². The van der Waals surface area contributed by atoms with Gasteiger partial charge in [0.15, 0.2) is 0 Å². The molecule has 86 valence electrons. The molecule has 0 radical (unpaired) electrons. The summed E-state index contributed by atoms with van der Waals surface area (Å²) in [4.78, 5) is 10.6. The minimum absolute atomic E-state index is 0.225. The zero-order chi connectivity index (χ0) is 12.3. The number of phenolic OH excluding ortho intramolecular Hbond substituents is 1. The van der Waals surface area contributed by atoms with Gasteiger partial charge in [-0.1, -0.05) is 30.3 Å². The maximum atomic E-state index is 10.6. The molecular formula is C13H12N2O2. The number of rotatable bonds is 2. The summed E-state index contributed by atoms with van der Waals surface area (Å²) in [7, 11) is 0. The number of carbonyl (C=O) groups is 1. The number of nitrogens with two attached hydrogens (primary N) is 1. The van der Waals surface area contributed by atoms with Crippen molar-refractivity contribution >= 4 is 11.7 Å². The van der Waals surface area contributed by atoms with Gasteiger partial charge < -0.3 is 16.2 Å². The maximum Gasteiger partial charge on any atom is 0.316 e. The van der Waals surface area contributed by atoms with Crippen LogP contribution in [-0.2, 0) is 0 Å². The van der Waals surface area contributed by atoms with Crippen molar-refractivity contribution in [3.63, 3.8) is 0 Å². The average Bonchev–Trinajstić information content (AvgIpc) is 2.30. The van der Waals surface area contributed by atoms with Crippen LogP contribution < -0.4 is 11.1 Å². The Balaban J connectivity index is 2.30. The van der Waals surface area contributed by atoms with Gasteiger partial charge in [0.2, 0.25) is 0 Å². The number of anilines is 1. The molecule has 4 nitrogen and oxygen atoms in total. The predicted molar refractivity (Wildman–Crippen MR) is 66.7 cm³/mol. The SMILES string of the molecule is NC(=O)Nc1ccc(-c2ccccc2O)cc1. The molecule has 0 unspecified atom stereocenters. The first-order valence-electron chi connectivity index (χ1n) is 5.12. The molecule has 0 heterocycles. The Kier molecular flexibility index (Phi) is 2.96. The lowest BCUT2D eigenvalue weighted by atomic mass is 10.0. The molecule has 0 saturated carbocycles. The van der Waals surface area contributed by atoms with Crippen molar-refractivity contribution in [3.8, 4) is 16.9 Å². The van der Waals surface area contributed by atoms with Crippen LogP contribution in [0.5, 0.6) is 5.75 Å². The van der Waals surface area contributed by atoms with Crippen molar-refractivity contribution in [1.82, 2.24) is 0 Å². The number of nitrogens with one attached hydrogen (secondary N) is 1. The van der Waals surface area contributed by atoms with E-state index in [1.807, 2.05) is 12.1 Å². The lowest BCUT2D eigenvalue weighted by Gasteiger charge is -2.06. The van der Waals surface area contributed by atoms with Crippen molar-refractivity contribution < 1.29 is 9.90 Å². The van der Waals surface area contributed by atoms with Crippen LogP contribution >= 0.6 is 0 Å². The molecule has 4 heteroatoms. The number of hydrogen-bond donors (Lipinski definition) is 3. The Morgan fingerprint density at radius 1 is 1.06 bits per heavy atom. The summed E-state index contributed by atoms with van der Waals surface area (Å²) in [5.74, 6) is 0.225. The molecule has 2 aromatic carbocycles. The zero-order valence-electron chi connectivity index (χ0n) is 9.05. The fourth-order valence-electron chi connectivity index (χ4n) is 1.59. The van der Waals surface area contributed by atoms with E-state index >= 15 is 0 Å². The monoisotopic (exact) mass is 228 g/mol. The summed E-state index contributed by atoms with van der Waals surface area (Å²) in [6, 6.07) is 13.5. The predicted octanol–water partition coefficient (Wildman–Crippen LogP) is 2.55. The Hall–Kier alpha value is -2.49. The number of urea groups is 1. The van der Waals surface area contributed by atoms with Crippen molar-refractivity contribution in [3.05, 3.63) is 48.5 Å². The molecule has 0 spiro atoms. The van der Waals surface area contributed by atoms with Gasteiger partial charge in [-0.3, -0.25) is 0 Å². The van der Waals surface area contributed by atoms with Crippen LogP contribution in [0.25, 0.3) is 11.1 Å². The number of benzene rings is 2. The van der Waals surface area contributed by atoms with E-state index in [9.17, 15) is 9.90 Å². The summed E-state index contributed by atoms with van der Waals surface area (Å²) in [6.07, 6.45) is 0. The molecule has 0 aromatic heterocycles. The van der Waals surface area contributed by atoms with Crippen molar-refractivity contribution in [2.45, 2.75) is 0 Å². The Morgan fingerprint density at radius 3 is 2.29 bits per heavy atom. The van der Waals surface area contributed by atoms with Gasteiger partial charge in [0, 0.05) is 11.3 Å². The molecule has 0 bridgehead atoms. The molecule has 0 aliphatic heterocycles. The number of para-hydroxylation sites is 1. The fourth-order valence-corrected chi connectivity index (χ4v) is 1.59. The highest BCUT2D eigenvalue weighted by Gasteiger charge is 2.03. The van der Waals surface area contributed by atoms with Gasteiger partial charge in [-0.05, 0) is 23.8 Å². The van der Waals surface area contributed by atoms with E-state index in [0.717, 1.165) is 11.1 Å². The van der Waals surface area contributed by atoms with Crippen LogP contribution in [0.1, 0.15) is 0 Å². The number of carbonyl (C=O) groups excluding carboxylic acids is 1. The van der Waals surface area contributed by atoms with Gasteiger partial charge in [0.25, 0.3) is 0 Å². The van der Waals surface area contributed by atoms with Gasteiger partial charge in [-0.2, -0.15) is 0 Å². The number of primary amides is 1. The third-order valence-electron chi connectivity index (χ3n) is 2.37. The lowest BCUT2D eigenvalue weighted by molar-refractivity contribution is 0.259. The third-order valence-corrected chi connectivity index (χ3v) is 2.37. The number of amides is 2. The van der Waals surface area contributed by atoms with Gasteiger partial charge >= 0.3 is 6.03 Å². The maximum absolute atomic E-state index is 10.6. The quantitative estimate of drug-likeness (QED) is 0.738. The average molecular weight is 228 g/mol. The molecule has 4 N–H and O–H groups in total. The summed E-state index contributed by atoms with van der Waals surface area (Å²) in [5, 5.41) is 12.2. The second-order valence-electron chi connectivity index (χ2n) is 3.58. The van der Waals surface area contributed by atoms with Gasteiger partial charge in [-0.15, -0.1) is 0 Å². The topological polar surface area (TPSA) is 75.4 Å². The van der Waals surface area contributed by atoms with Crippen molar-refractivity contribution in [2.24, 2.45) is 5.73 Å². The van der Waals surface area contributed by atoms with E-state index < -0.39 is 6.03 Å². The zero-order valence-corrected chi connectivity index (χ0v) is 9.05. The normalized spacial score (nSPS) is 9.88. The first-order chi connectivity index (χ1) is 8.16. The minimum Gasteiger partial charge on any atom is -0.507 e. The largest absolute Gasteiger partial charge is 0.507 e. The van der Waals surface area contributed by atoms with E-state index in [1.54, 1.807) is 36.4 Å². The Morgan fingerprint density at radius 2 is 1.71 bits per heavy atom. The van der Waals surface area contributed by atoms with Gasteiger partial charge in [0.1, 0.15) is 5.75 Å². The molecule has 0 saturated heterocycles. The summed E-state index contributed by atoms with van der Waals surface area (Å²) in [5.41, 5.74) is 7.25. The highest BCUT2D eigenvalue weighted by atomic mass is 16.3. The number of aromatic hydroxyl groups is 1. The standard InChI is InChI=1S/C13H12N2O2/c14-13(17)15-10-7-5-9(6-8-10)11-3-1-2-4-12(11)16/h1-8,16H,(H3,14,15,17). The van der Waals surface area contributed by atoms with Crippen LogP contribution in [0, 0.1) is 0 Å². The van der Waals surface area contributed by atoms with Crippen LogP contribution in [0.3, 0.4) is 0 Å². The van der Waals surface area contributed by atoms with Gasteiger partial charge in [-0.25, -0.2) is 4.79 Å². The van der Waals surface area contributed by atoms with Gasteiger partial charge in [0.05, 0.1) is 0 Å². The molecule has 0 fully saturated rings. The van der Waals surface area contributed by atoms with E-state index in [1.165, 1.54) is 0 Å². The molecule has 2 rings (SSSR count). The molecule has 0 aliphatic rings. The van der Waals surface area contributed by atoms with Crippen LogP contribution in [0.2, 0.25) is 0 Å². The molecule has 17 heavy (non-hydrogen) atoms. The number of hydrogen-bond acceptors (Lipinski definition) is 2. The molecule has 2 amide bonds. The molecule has 0 atom stereocenters. The lowest BCUT2D eigenvalue weighted by Crippen LogP contribution is -2.19. The van der Waals surface area contributed by atoms with E-state index in [4.69, 9.17) is 5.73 Å². The molecular weight excluding hydrogens is 216 g/mol. The summed E-state index contributed by atoms with van der Waals surface area (Å²) < 4.78 is 0. The number of phenols is 1. The fraction of sp³-hybridized carbons (Fsp3) is 0. The van der Waals surface area contributed by atoms with Crippen LogP contribution in [-0.4, -0.2) is 11.1 Å². The van der Waals surface area contributed by atoms with E-state index in [2.05, 4.69) is 5.32 Å². The summed E-state index contributed by atoms with van der Waals surface area (Å²) >= 11 is 0. The highest BCUT2D eigenvalue weighted by Crippen LogP contribution is 2.29. The second kappa shape index (κ2) is 4.57. The van der Waals surface area contributed by atoms with E-state index in [0.29, 0.717) is 5.69 Å². The third kappa shape index (κ3) is 2.55. The smallest absolute Gasteiger partial charge is 0.316 e. The van der Waals surface area contributed by atoms with Crippen LogP contribution in [0.15, 0.2) is 48.5 Å². The van der Waals surface area contributed by atoms with Crippen LogP contribution in [0.4, 0.5) is 10.5 Å². The molecule has 0 aliphatic carbocycles. The summed E-state index contributed by atoms with van der Waals surface area (Å²) in [6.45, 7) is 0. The Labute approximate surface area is 98.7 Å². The minimum atomic E-state index is -0.597. The first-order valence-corrected chi connectivity index (χ1v) is 5.12. The molecule has 2 aromatic rings. The Bertz CT molecular complexity index is 535. The second-order valence-corrected chi connectivity index (χ2v) is 3.58. The van der Waals surface area contributed by atoms with Crippen molar-refractivity contribution in [2.75, 3.05) is 5.32 Å². The first kappa shape index (κ1) is 11.0. The highest BCUT2D eigenvalue weighted by molar-refractivity contribution is 5.88.